The summed E-state index contributed by atoms with van der Waals surface area (Å²) in [6.07, 6.45) is 0.652. The molecule has 2 amide bonds. The van der Waals surface area contributed by atoms with Crippen LogP contribution in [0.5, 0.6) is 0 Å². The highest BCUT2D eigenvalue weighted by Gasteiger charge is 2.32. The average molecular weight is 491 g/mol. The van der Waals surface area contributed by atoms with Crippen LogP contribution in [0.3, 0.4) is 0 Å². The minimum Gasteiger partial charge on any atom is -0.350 e. The molecule has 0 saturated carbocycles. The van der Waals surface area contributed by atoms with E-state index >= 15 is 0 Å². The van der Waals surface area contributed by atoms with Crippen molar-refractivity contribution in [3.63, 3.8) is 0 Å². The maximum absolute atomic E-state index is 13.8. The number of amides is 2. The lowest BCUT2D eigenvalue weighted by Crippen LogP contribution is -2.54. The smallest absolute Gasteiger partial charge is 0.243 e. The monoisotopic (exact) mass is 490 g/mol. The Kier molecular flexibility index (Phi) is 8.74. The molecular formula is C30H35ClN2O2. The predicted octanol–water partition coefficient (Wildman–Crippen LogP) is 6.05. The van der Waals surface area contributed by atoms with E-state index in [0.717, 1.165) is 27.8 Å². The number of hydrogen-bond donors (Lipinski definition) is 1. The third-order valence-electron chi connectivity index (χ3n) is 5.67. The normalized spacial score (nSPS) is 12.2. The topological polar surface area (TPSA) is 49.4 Å². The van der Waals surface area contributed by atoms with Crippen LogP contribution in [0.25, 0.3) is 0 Å². The molecule has 0 aliphatic rings. The van der Waals surface area contributed by atoms with E-state index in [1.54, 1.807) is 4.90 Å². The van der Waals surface area contributed by atoms with Gasteiger partial charge in [-0.05, 0) is 63.4 Å². The van der Waals surface area contributed by atoms with E-state index in [2.05, 4.69) is 11.4 Å². The molecule has 0 spiro atoms. The van der Waals surface area contributed by atoms with E-state index < -0.39 is 11.6 Å². The van der Waals surface area contributed by atoms with Crippen molar-refractivity contribution in [3.05, 3.63) is 106 Å². The van der Waals surface area contributed by atoms with Gasteiger partial charge in [0.15, 0.2) is 0 Å². The number of nitrogens with zero attached hydrogens (tertiary/aromatic N) is 1. The molecule has 0 bridgehead atoms. The van der Waals surface area contributed by atoms with Crippen LogP contribution in [0.15, 0.2) is 72.8 Å². The van der Waals surface area contributed by atoms with Crippen molar-refractivity contribution in [2.45, 2.75) is 65.6 Å². The highest BCUT2D eigenvalue weighted by atomic mass is 35.5. The molecule has 5 heteroatoms. The van der Waals surface area contributed by atoms with Crippen LogP contribution in [0.2, 0.25) is 5.02 Å². The summed E-state index contributed by atoms with van der Waals surface area (Å²) >= 11 is 6.10. The molecule has 0 saturated heterocycles. The zero-order valence-electron chi connectivity index (χ0n) is 21.3. The van der Waals surface area contributed by atoms with E-state index in [1.807, 2.05) is 101 Å². The van der Waals surface area contributed by atoms with Crippen LogP contribution in [0.1, 0.15) is 48.6 Å². The largest absolute Gasteiger partial charge is 0.350 e. The molecule has 4 nitrogen and oxygen atoms in total. The molecule has 0 aliphatic carbocycles. The van der Waals surface area contributed by atoms with E-state index in [4.69, 9.17) is 11.6 Å². The first-order valence-corrected chi connectivity index (χ1v) is 12.3. The maximum Gasteiger partial charge on any atom is 0.243 e. The van der Waals surface area contributed by atoms with Crippen molar-refractivity contribution < 1.29 is 9.59 Å². The minimum atomic E-state index is -0.661. The van der Waals surface area contributed by atoms with Gasteiger partial charge < -0.3 is 10.2 Å². The van der Waals surface area contributed by atoms with Gasteiger partial charge in [-0.25, -0.2) is 0 Å². The highest BCUT2D eigenvalue weighted by molar-refractivity contribution is 6.30. The lowest BCUT2D eigenvalue weighted by atomic mass is 9.99. The fourth-order valence-electron chi connectivity index (χ4n) is 4.24. The quantitative estimate of drug-likeness (QED) is 0.417. The molecule has 3 aromatic carbocycles. The second-order valence-corrected chi connectivity index (χ2v) is 10.7. The summed E-state index contributed by atoms with van der Waals surface area (Å²) in [6.45, 7) is 10.2. The van der Waals surface area contributed by atoms with Crippen LogP contribution < -0.4 is 5.32 Å². The summed E-state index contributed by atoms with van der Waals surface area (Å²) in [5, 5.41) is 3.73. The van der Waals surface area contributed by atoms with E-state index in [1.165, 1.54) is 0 Å². The maximum atomic E-state index is 13.8. The number of halogens is 1. The van der Waals surface area contributed by atoms with E-state index in [9.17, 15) is 9.59 Å². The van der Waals surface area contributed by atoms with Crippen LogP contribution >= 0.6 is 11.6 Å². The Balaban J connectivity index is 2.00. The van der Waals surface area contributed by atoms with Crippen LogP contribution in [-0.4, -0.2) is 28.3 Å². The van der Waals surface area contributed by atoms with Gasteiger partial charge in [0, 0.05) is 23.5 Å². The second-order valence-electron chi connectivity index (χ2n) is 10.3. The number of benzene rings is 3. The van der Waals surface area contributed by atoms with Gasteiger partial charge in [0.25, 0.3) is 0 Å². The standard InChI is InChI=1S/C30H35ClN2O2/c1-21-15-22(2)17-25(16-21)19-28(34)33(20-24-11-13-26(31)14-12-24)27(29(35)32-30(3,4)5)18-23-9-7-6-8-10-23/h6-17,27H,18-20H2,1-5H3,(H,32,35). The predicted molar refractivity (Wildman–Crippen MR) is 143 cm³/mol. The first-order chi connectivity index (χ1) is 16.5. The second kappa shape index (κ2) is 11.5. The van der Waals surface area contributed by atoms with Gasteiger partial charge >= 0.3 is 0 Å². The Hall–Kier alpha value is -3.11. The number of rotatable bonds is 8. The molecule has 0 heterocycles. The Morgan fingerprint density at radius 1 is 0.857 bits per heavy atom. The lowest BCUT2D eigenvalue weighted by Gasteiger charge is -2.34. The number of aryl methyl sites for hydroxylation is 2. The molecule has 0 aromatic heterocycles. The summed E-state index contributed by atoms with van der Waals surface area (Å²) < 4.78 is 0. The fourth-order valence-corrected chi connectivity index (χ4v) is 4.37. The number of carbonyl (C=O) groups is 2. The molecule has 0 aliphatic heterocycles. The average Bonchev–Trinajstić information content (AvgIpc) is 2.76. The fraction of sp³-hybridized carbons (Fsp3) is 0.333. The Morgan fingerprint density at radius 3 is 2.03 bits per heavy atom. The first kappa shape index (κ1) is 26.5. The SMILES string of the molecule is Cc1cc(C)cc(CC(=O)N(Cc2ccc(Cl)cc2)C(Cc2ccccc2)C(=O)NC(C)(C)C)c1. The van der Waals surface area contributed by atoms with Gasteiger partial charge in [-0.1, -0.05) is 83.4 Å². The molecule has 1 N–H and O–H groups in total. The summed E-state index contributed by atoms with van der Waals surface area (Å²) in [6, 6.07) is 22.8. The zero-order chi connectivity index (χ0) is 25.6. The van der Waals surface area contributed by atoms with Crippen LogP contribution in [0, 0.1) is 13.8 Å². The molecular weight excluding hydrogens is 456 g/mol. The van der Waals surface area contributed by atoms with E-state index in [0.29, 0.717) is 18.0 Å². The number of hydrogen-bond acceptors (Lipinski definition) is 2. The minimum absolute atomic E-state index is 0.0880. The summed E-state index contributed by atoms with van der Waals surface area (Å²) in [4.78, 5) is 29.1. The first-order valence-electron chi connectivity index (χ1n) is 12.0. The molecule has 3 rings (SSSR count). The van der Waals surface area contributed by atoms with Gasteiger partial charge in [-0.15, -0.1) is 0 Å². The van der Waals surface area contributed by atoms with Crippen molar-refractivity contribution in [2.75, 3.05) is 0 Å². The van der Waals surface area contributed by atoms with Crippen LogP contribution in [-0.2, 0) is 29.0 Å². The third kappa shape index (κ3) is 8.25. The van der Waals surface area contributed by atoms with Crippen molar-refractivity contribution in [3.8, 4) is 0 Å². The Bertz CT molecular complexity index is 1130. The van der Waals surface area contributed by atoms with Crippen molar-refractivity contribution >= 4 is 23.4 Å². The molecule has 0 fully saturated rings. The molecule has 1 unspecified atom stereocenters. The molecule has 3 aromatic rings. The molecule has 35 heavy (non-hydrogen) atoms. The lowest BCUT2D eigenvalue weighted by molar-refractivity contribution is -0.141. The Labute approximate surface area is 214 Å². The van der Waals surface area contributed by atoms with Crippen molar-refractivity contribution in [2.24, 2.45) is 0 Å². The molecule has 0 radical (unpaired) electrons. The van der Waals surface area contributed by atoms with Gasteiger partial charge in [0.1, 0.15) is 6.04 Å². The zero-order valence-corrected chi connectivity index (χ0v) is 22.0. The van der Waals surface area contributed by atoms with Crippen LogP contribution in [0.4, 0.5) is 0 Å². The van der Waals surface area contributed by atoms with Gasteiger partial charge in [-0.2, -0.15) is 0 Å². The summed E-state index contributed by atoms with van der Waals surface area (Å²) in [7, 11) is 0. The Morgan fingerprint density at radius 2 is 1.46 bits per heavy atom. The summed E-state index contributed by atoms with van der Waals surface area (Å²) in [5.41, 5.74) is 4.68. The van der Waals surface area contributed by atoms with Gasteiger partial charge in [0.05, 0.1) is 6.42 Å². The van der Waals surface area contributed by atoms with Crippen molar-refractivity contribution in [1.82, 2.24) is 10.2 Å². The highest BCUT2D eigenvalue weighted by Crippen LogP contribution is 2.19. The number of nitrogens with one attached hydrogen (secondary N) is 1. The number of carbonyl (C=O) groups excluding carboxylic acids is 2. The molecule has 1 atom stereocenters. The van der Waals surface area contributed by atoms with Crippen molar-refractivity contribution in [1.29, 1.82) is 0 Å². The van der Waals surface area contributed by atoms with E-state index in [-0.39, 0.29) is 18.2 Å². The summed E-state index contributed by atoms with van der Waals surface area (Å²) in [5.74, 6) is -0.251. The molecule has 184 valence electrons. The van der Waals surface area contributed by atoms with Gasteiger partial charge in [0.2, 0.25) is 11.8 Å². The third-order valence-corrected chi connectivity index (χ3v) is 5.92. The van der Waals surface area contributed by atoms with Gasteiger partial charge in [-0.3, -0.25) is 9.59 Å².